The number of fused-ring (bicyclic) bond motifs is 1. The zero-order valence-electron chi connectivity index (χ0n) is 22.7. The van der Waals surface area contributed by atoms with E-state index in [9.17, 15) is 24.9 Å². The van der Waals surface area contributed by atoms with Gasteiger partial charge in [0.2, 0.25) is 11.9 Å². The van der Waals surface area contributed by atoms with Gasteiger partial charge in [0.25, 0.3) is 0 Å². The van der Waals surface area contributed by atoms with Crippen LogP contribution in [-0.2, 0) is 0 Å². The summed E-state index contributed by atoms with van der Waals surface area (Å²) in [6.07, 6.45) is 0. The summed E-state index contributed by atoms with van der Waals surface area (Å²) >= 11 is 0. The molecule has 5 N–H and O–H groups in total. The molecule has 0 radical (unpaired) electrons. The number of rotatable bonds is 8. The van der Waals surface area contributed by atoms with E-state index < -0.39 is 12.0 Å². The highest BCUT2D eigenvalue weighted by Crippen LogP contribution is 2.43. The van der Waals surface area contributed by atoms with E-state index >= 15 is 0 Å². The van der Waals surface area contributed by atoms with Crippen LogP contribution in [0.5, 0.6) is 11.8 Å². The first kappa shape index (κ1) is 27.6. The summed E-state index contributed by atoms with van der Waals surface area (Å²) in [6.45, 7) is 5.07. The summed E-state index contributed by atoms with van der Waals surface area (Å²) in [5.74, 6) is -1.55. The van der Waals surface area contributed by atoms with Crippen LogP contribution in [0, 0.1) is 13.8 Å². The Morgan fingerprint density at radius 3 is 2.12 bits per heavy atom. The molecule has 4 aromatic carbocycles. The molecule has 5 rings (SSSR count). The maximum atomic E-state index is 12.0. The summed E-state index contributed by atoms with van der Waals surface area (Å²) < 4.78 is 0. The van der Waals surface area contributed by atoms with Gasteiger partial charge in [-0.3, -0.25) is 4.79 Å². The van der Waals surface area contributed by atoms with E-state index in [1.54, 1.807) is 49.4 Å². The van der Waals surface area contributed by atoms with Crippen LogP contribution >= 0.6 is 0 Å². The number of carboxylic acid groups (broad SMARTS) is 1. The molecule has 0 bridgehead atoms. The first-order valence-electron chi connectivity index (χ1n) is 12.7. The molecule has 42 heavy (non-hydrogen) atoms. The number of hydrogen-bond acceptors (Lipinski definition) is 11. The molecule has 0 saturated heterocycles. The predicted molar refractivity (Wildman–Crippen MR) is 157 cm³/mol. The zero-order valence-corrected chi connectivity index (χ0v) is 22.7. The number of carbonyl (C=O) groups excluding carboxylic acids is 1. The quantitative estimate of drug-likeness (QED) is 0.0987. The Balaban J connectivity index is 1.56. The van der Waals surface area contributed by atoms with Crippen molar-refractivity contribution in [2.75, 3.05) is 10.6 Å². The lowest BCUT2D eigenvalue weighted by atomic mass is 10.0. The van der Waals surface area contributed by atoms with E-state index in [-0.39, 0.29) is 40.4 Å². The van der Waals surface area contributed by atoms with Crippen LogP contribution in [0.2, 0.25) is 0 Å². The summed E-state index contributed by atoms with van der Waals surface area (Å²) in [6, 6.07) is 17.9. The molecule has 0 unspecified atom stereocenters. The van der Waals surface area contributed by atoms with E-state index in [0.29, 0.717) is 33.3 Å². The smallest absolute Gasteiger partial charge is 0.337 e. The number of para-hydroxylation sites is 1. The standard InChI is InChI=1S/C30H25N7O5/c1-15-12-18-14-16(2)25(37-36-22-11-7-5-9-20(22)27(40)41)26(39)24(18)23(13-15)32-29-33-28(34-30(42)35-29)31-21-10-6-4-8-19(21)17(3)38/h4-14,39H,1-3H3,(H,40,41)(H3,31,32,33,34,35,42). The number of phenols is 1. The highest BCUT2D eigenvalue weighted by atomic mass is 16.4. The van der Waals surface area contributed by atoms with E-state index in [1.165, 1.54) is 19.1 Å². The molecule has 0 aliphatic heterocycles. The van der Waals surface area contributed by atoms with E-state index in [1.807, 2.05) is 19.1 Å². The fourth-order valence-corrected chi connectivity index (χ4v) is 4.49. The third-order valence-electron chi connectivity index (χ3n) is 6.33. The predicted octanol–water partition coefficient (Wildman–Crippen LogP) is 6.86. The van der Waals surface area contributed by atoms with Gasteiger partial charge in [-0.15, -0.1) is 10.2 Å². The molecule has 0 saturated carbocycles. The first-order valence-corrected chi connectivity index (χ1v) is 12.7. The molecule has 5 aromatic rings. The van der Waals surface area contributed by atoms with Gasteiger partial charge in [0.15, 0.2) is 11.5 Å². The second kappa shape index (κ2) is 11.3. The van der Waals surface area contributed by atoms with Crippen molar-refractivity contribution in [2.24, 2.45) is 10.2 Å². The maximum Gasteiger partial charge on any atom is 0.337 e. The number of aromatic nitrogens is 3. The number of phenolic OH excluding ortho intramolecular Hbond substituents is 1. The molecule has 12 nitrogen and oxygen atoms in total. The van der Waals surface area contributed by atoms with Gasteiger partial charge in [0.1, 0.15) is 11.4 Å². The van der Waals surface area contributed by atoms with Gasteiger partial charge in [0, 0.05) is 10.9 Å². The number of aromatic hydroxyl groups is 2. The lowest BCUT2D eigenvalue weighted by Gasteiger charge is -2.15. The third kappa shape index (κ3) is 5.68. The summed E-state index contributed by atoms with van der Waals surface area (Å²) in [4.78, 5) is 35.8. The number of benzene rings is 4. The molecule has 0 aliphatic rings. The molecule has 0 amide bonds. The van der Waals surface area contributed by atoms with Crippen molar-refractivity contribution < 1.29 is 24.9 Å². The average molecular weight is 564 g/mol. The largest absolute Gasteiger partial charge is 0.505 e. The summed E-state index contributed by atoms with van der Waals surface area (Å²) in [5.41, 5.74) is 3.02. The van der Waals surface area contributed by atoms with Crippen molar-refractivity contribution in [1.29, 1.82) is 0 Å². The molecule has 0 atom stereocenters. The fraction of sp³-hybridized carbons (Fsp3) is 0.100. The number of ketones is 1. The van der Waals surface area contributed by atoms with Gasteiger partial charge < -0.3 is 26.0 Å². The second-order valence-electron chi connectivity index (χ2n) is 9.46. The lowest BCUT2D eigenvalue weighted by molar-refractivity contribution is 0.0697. The monoisotopic (exact) mass is 563 g/mol. The van der Waals surface area contributed by atoms with Gasteiger partial charge >= 0.3 is 12.0 Å². The Bertz CT molecular complexity index is 1910. The van der Waals surface area contributed by atoms with E-state index in [4.69, 9.17) is 0 Å². The van der Waals surface area contributed by atoms with Crippen molar-refractivity contribution in [3.05, 3.63) is 89.0 Å². The zero-order chi connectivity index (χ0) is 30.0. The minimum atomic E-state index is -1.15. The van der Waals surface area contributed by atoms with E-state index in [2.05, 4.69) is 35.8 Å². The van der Waals surface area contributed by atoms with Crippen LogP contribution in [0.25, 0.3) is 10.8 Å². The van der Waals surface area contributed by atoms with Crippen LogP contribution in [0.15, 0.2) is 77.0 Å². The molecular formula is C30H25N7O5. The normalized spacial score (nSPS) is 11.1. The minimum Gasteiger partial charge on any atom is -0.505 e. The highest BCUT2D eigenvalue weighted by molar-refractivity contribution is 6.04. The fourth-order valence-electron chi connectivity index (χ4n) is 4.49. The Kier molecular flexibility index (Phi) is 7.43. The number of carbonyl (C=O) groups is 2. The van der Waals surface area contributed by atoms with Crippen LogP contribution in [-0.4, -0.2) is 42.0 Å². The SMILES string of the molecule is CC(=O)c1ccccc1Nc1nc(O)nc(Nc2cc(C)cc3cc(C)c(N=Nc4ccccc4C(=O)O)c(O)c23)n1. The van der Waals surface area contributed by atoms with Crippen LogP contribution in [0.1, 0.15) is 38.8 Å². The second-order valence-corrected chi connectivity index (χ2v) is 9.46. The lowest BCUT2D eigenvalue weighted by Crippen LogP contribution is -2.06. The number of nitrogens with one attached hydrogen (secondary N) is 2. The highest BCUT2D eigenvalue weighted by Gasteiger charge is 2.17. The number of nitrogens with zero attached hydrogens (tertiary/aromatic N) is 5. The average Bonchev–Trinajstić information content (AvgIpc) is 2.92. The number of azo groups is 1. The van der Waals surface area contributed by atoms with Gasteiger partial charge in [0.05, 0.1) is 16.9 Å². The Morgan fingerprint density at radius 1 is 0.786 bits per heavy atom. The number of Topliss-reactive ketones (excluding diaryl/α,β-unsaturated/α-hetero) is 1. The third-order valence-corrected chi connectivity index (χ3v) is 6.33. The summed E-state index contributed by atoms with van der Waals surface area (Å²) in [7, 11) is 0. The molecule has 210 valence electrons. The van der Waals surface area contributed by atoms with Crippen molar-refractivity contribution >= 4 is 57.2 Å². The van der Waals surface area contributed by atoms with Crippen LogP contribution < -0.4 is 10.6 Å². The Labute approximate surface area is 239 Å². The number of aryl methyl sites for hydroxylation is 2. The van der Waals surface area contributed by atoms with Crippen molar-refractivity contribution in [3.8, 4) is 11.8 Å². The number of anilines is 4. The molecule has 1 heterocycles. The molecule has 0 aliphatic carbocycles. The molecular weight excluding hydrogens is 538 g/mol. The minimum absolute atomic E-state index is 0.0118. The Hall–Kier alpha value is -5.91. The van der Waals surface area contributed by atoms with Gasteiger partial charge in [-0.1, -0.05) is 30.3 Å². The van der Waals surface area contributed by atoms with Crippen molar-refractivity contribution in [2.45, 2.75) is 20.8 Å². The molecule has 0 spiro atoms. The first-order chi connectivity index (χ1) is 20.1. The Morgan fingerprint density at radius 2 is 1.43 bits per heavy atom. The van der Waals surface area contributed by atoms with Crippen molar-refractivity contribution in [3.63, 3.8) is 0 Å². The topological polar surface area (TPSA) is 182 Å². The van der Waals surface area contributed by atoms with Gasteiger partial charge in [-0.2, -0.15) is 15.0 Å². The van der Waals surface area contributed by atoms with Gasteiger partial charge in [-0.05, 0) is 73.7 Å². The van der Waals surface area contributed by atoms with Crippen LogP contribution in [0.4, 0.5) is 34.6 Å². The summed E-state index contributed by atoms with van der Waals surface area (Å²) in [5, 5.41) is 46.4. The van der Waals surface area contributed by atoms with Crippen LogP contribution in [0.3, 0.4) is 0 Å². The van der Waals surface area contributed by atoms with Gasteiger partial charge in [-0.25, -0.2) is 4.79 Å². The van der Waals surface area contributed by atoms with Crippen molar-refractivity contribution in [1.82, 2.24) is 15.0 Å². The molecule has 0 fully saturated rings. The number of aromatic carboxylic acids is 1. The molecule has 12 heteroatoms. The van der Waals surface area contributed by atoms with E-state index in [0.717, 1.165) is 5.56 Å². The number of hydrogen-bond donors (Lipinski definition) is 5. The number of carboxylic acids is 1. The molecule has 1 aromatic heterocycles. The maximum absolute atomic E-state index is 12.0.